The molecule has 1 heterocycles. The maximum absolute atomic E-state index is 5.61. The van der Waals surface area contributed by atoms with Crippen LogP contribution < -0.4 is 14.8 Å². The zero-order valence-corrected chi connectivity index (χ0v) is 20.3. The van der Waals surface area contributed by atoms with E-state index in [4.69, 9.17) is 21.7 Å². The van der Waals surface area contributed by atoms with E-state index in [-0.39, 0.29) is 0 Å². The smallest absolute Gasteiger partial charge is 0.153 e. The van der Waals surface area contributed by atoms with Gasteiger partial charge in [-0.3, -0.25) is 0 Å². The van der Waals surface area contributed by atoms with Gasteiger partial charge < -0.3 is 14.8 Å². The quantitative estimate of drug-likeness (QED) is 0.253. The number of rotatable bonds is 14. The van der Waals surface area contributed by atoms with Gasteiger partial charge in [-0.25, -0.2) is 0 Å². The van der Waals surface area contributed by atoms with Crippen molar-refractivity contribution in [3.63, 3.8) is 0 Å². The fourth-order valence-electron chi connectivity index (χ4n) is 3.77. The van der Waals surface area contributed by atoms with Crippen LogP contribution in [0.15, 0.2) is 30.3 Å². The molecule has 1 aromatic carbocycles. The number of benzene rings is 1. The first kappa shape index (κ1) is 25.1. The molecule has 0 saturated carbocycles. The van der Waals surface area contributed by atoms with Gasteiger partial charge in [0.05, 0.1) is 25.5 Å². The van der Waals surface area contributed by atoms with E-state index in [1.54, 1.807) is 14.2 Å². The predicted molar refractivity (Wildman–Crippen MR) is 133 cm³/mol. The largest absolute Gasteiger partial charge is 0.496 e. The van der Waals surface area contributed by atoms with Crippen LogP contribution >= 0.6 is 12.2 Å². The lowest BCUT2D eigenvalue weighted by Gasteiger charge is -2.17. The van der Waals surface area contributed by atoms with Gasteiger partial charge in [-0.1, -0.05) is 77.1 Å². The summed E-state index contributed by atoms with van der Waals surface area (Å²) in [4.78, 5) is 0.495. The Morgan fingerprint density at radius 3 is 2.10 bits per heavy atom. The van der Waals surface area contributed by atoms with Gasteiger partial charge in [-0.2, -0.15) is 5.10 Å². The summed E-state index contributed by atoms with van der Waals surface area (Å²) >= 11 is 5.61. The average molecular weight is 444 g/mol. The van der Waals surface area contributed by atoms with Crippen LogP contribution in [0.2, 0.25) is 0 Å². The van der Waals surface area contributed by atoms with Crippen molar-refractivity contribution in [3.05, 3.63) is 41.6 Å². The van der Waals surface area contributed by atoms with Crippen LogP contribution in [-0.4, -0.2) is 29.4 Å². The number of nitrogens with zero attached hydrogens (tertiary/aromatic N) is 2. The van der Waals surface area contributed by atoms with Crippen LogP contribution in [-0.2, 0) is 0 Å². The minimum Gasteiger partial charge on any atom is -0.496 e. The number of methoxy groups -OCH3 is 2. The number of nitrogens with one attached hydrogen (secondary N) is 1. The highest BCUT2D eigenvalue weighted by molar-refractivity contribution is 7.81. The van der Waals surface area contributed by atoms with E-state index in [1.165, 1.54) is 57.8 Å². The van der Waals surface area contributed by atoms with Crippen molar-refractivity contribution >= 4 is 23.0 Å². The molecule has 6 heteroatoms. The first-order valence-corrected chi connectivity index (χ1v) is 11.9. The minimum absolute atomic E-state index is 0.476. The summed E-state index contributed by atoms with van der Waals surface area (Å²) in [7, 11) is 3.24. The van der Waals surface area contributed by atoms with Crippen LogP contribution in [0.25, 0.3) is 0 Å². The van der Waals surface area contributed by atoms with Crippen molar-refractivity contribution in [2.75, 3.05) is 19.5 Å². The lowest BCUT2D eigenvalue weighted by atomic mass is 9.92. The third kappa shape index (κ3) is 7.76. The Morgan fingerprint density at radius 1 is 0.871 bits per heavy atom. The molecule has 170 valence electrons. The highest BCUT2D eigenvalue weighted by atomic mass is 32.1. The number of aromatic nitrogens is 2. The highest BCUT2D eigenvalue weighted by Crippen LogP contribution is 2.30. The van der Waals surface area contributed by atoms with Crippen molar-refractivity contribution in [3.8, 4) is 11.5 Å². The second-order valence-corrected chi connectivity index (χ2v) is 8.29. The first-order valence-electron chi connectivity index (χ1n) is 11.5. The number of hydrogen-bond donors (Lipinski definition) is 1. The van der Waals surface area contributed by atoms with Crippen LogP contribution in [0, 0.1) is 0 Å². The summed E-state index contributed by atoms with van der Waals surface area (Å²) in [6.45, 7) is 4.49. The van der Waals surface area contributed by atoms with E-state index >= 15 is 0 Å². The Morgan fingerprint density at radius 2 is 1.52 bits per heavy atom. The summed E-state index contributed by atoms with van der Waals surface area (Å²) in [5.41, 5.74) is 1.79. The van der Waals surface area contributed by atoms with Crippen molar-refractivity contribution in [2.24, 2.45) is 0 Å². The summed E-state index contributed by atoms with van der Waals surface area (Å²) in [6, 6.07) is 9.65. The standard InChI is InChI=1S/C25H37N3O2S/c1-5-7-9-10-11-14-19(13-8-6-2)20-17-18-23(28-27-20)26-25(31)24-21(29-3)15-12-16-22(24)30-4/h12,15-19H,5-11,13-14H2,1-4H3,(H,26,28,31). The molecule has 31 heavy (non-hydrogen) atoms. The molecule has 0 aliphatic rings. The van der Waals surface area contributed by atoms with Gasteiger partial charge >= 0.3 is 0 Å². The van der Waals surface area contributed by atoms with Crippen LogP contribution in [0.4, 0.5) is 5.82 Å². The number of ether oxygens (including phenoxy) is 2. The molecule has 1 N–H and O–H groups in total. The molecule has 0 aliphatic carbocycles. The molecule has 1 atom stereocenters. The van der Waals surface area contributed by atoms with Crippen molar-refractivity contribution in [2.45, 2.75) is 77.6 Å². The van der Waals surface area contributed by atoms with E-state index in [1.807, 2.05) is 24.3 Å². The maximum Gasteiger partial charge on any atom is 0.153 e. The van der Waals surface area contributed by atoms with Crippen LogP contribution in [0.1, 0.15) is 88.8 Å². The molecule has 0 saturated heterocycles. The molecule has 2 aromatic rings. The van der Waals surface area contributed by atoms with Crippen LogP contribution in [0.5, 0.6) is 11.5 Å². The molecule has 0 amide bonds. The Balaban J connectivity index is 2.06. The molecule has 1 aromatic heterocycles. The topological polar surface area (TPSA) is 56.3 Å². The molecular weight excluding hydrogens is 406 g/mol. The molecule has 0 aliphatic heterocycles. The van der Waals surface area contributed by atoms with E-state index < -0.39 is 0 Å². The van der Waals surface area contributed by atoms with Gasteiger partial charge in [0.15, 0.2) is 5.82 Å². The molecular formula is C25H37N3O2S. The summed E-state index contributed by atoms with van der Waals surface area (Å²) in [5.74, 6) is 2.41. The molecule has 0 spiro atoms. The molecule has 0 bridgehead atoms. The SMILES string of the molecule is CCCCCCCC(CCCC)c1ccc(NC(=S)c2c(OC)cccc2OC)nn1. The van der Waals surface area contributed by atoms with Crippen molar-refractivity contribution < 1.29 is 9.47 Å². The van der Waals surface area contributed by atoms with Gasteiger partial charge in [0.25, 0.3) is 0 Å². The Bertz CT molecular complexity index is 774. The second kappa shape index (κ2) is 14.0. The second-order valence-electron chi connectivity index (χ2n) is 7.88. The van der Waals surface area contributed by atoms with Gasteiger partial charge in [0, 0.05) is 5.92 Å². The average Bonchev–Trinajstić information content (AvgIpc) is 2.80. The summed E-state index contributed by atoms with van der Waals surface area (Å²) < 4.78 is 10.9. The maximum atomic E-state index is 5.61. The number of unbranched alkanes of at least 4 members (excludes halogenated alkanes) is 5. The van der Waals surface area contributed by atoms with E-state index in [9.17, 15) is 0 Å². The zero-order chi connectivity index (χ0) is 22.5. The molecule has 1 unspecified atom stereocenters. The molecule has 5 nitrogen and oxygen atoms in total. The van der Waals surface area contributed by atoms with Crippen molar-refractivity contribution in [1.29, 1.82) is 0 Å². The fourth-order valence-corrected chi connectivity index (χ4v) is 4.07. The lowest BCUT2D eigenvalue weighted by Crippen LogP contribution is -2.15. The lowest BCUT2D eigenvalue weighted by molar-refractivity contribution is 0.393. The van der Waals surface area contributed by atoms with Gasteiger partial charge in [0.1, 0.15) is 16.5 Å². The summed E-state index contributed by atoms with van der Waals surface area (Å²) in [6.07, 6.45) is 11.3. The molecule has 0 radical (unpaired) electrons. The Hall–Kier alpha value is -2.21. The first-order chi connectivity index (χ1) is 15.1. The normalized spacial score (nSPS) is 11.7. The minimum atomic E-state index is 0.476. The highest BCUT2D eigenvalue weighted by Gasteiger charge is 2.17. The molecule has 2 rings (SSSR count). The Kier molecular flexibility index (Phi) is 11.3. The molecule has 0 fully saturated rings. The number of thiocarbonyl (C=S) groups is 1. The Labute approximate surface area is 193 Å². The summed E-state index contributed by atoms with van der Waals surface area (Å²) in [5, 5.41) is 12.1. The fraction of sp³-hybridized carbons (Fsp3) is 0.560. The van der Waals surface area contributed by atoms with Crippen molar-refractivity contribution in [1.82, 2.24) is 10.2 Å². The third-order valence-electron chi connectivity index (χ3n) is 5.56. The monoisotopic (exact) mass is 443 g/mol. The zero-order valence-electron chi connectivity index (χ0n) is 19.4. The van der Waals surface area contributed by atoms with E-state index in [0.717, 1.165) is 5.69 Å². The number of anilines is 1. The third-order valence-corrected chi connectivity index (χ3v) is 5.87. The van der Waals surface area contributed by atoms with Gasteiger partial charge in [-0.05, 0) is 37.1 Å². The van der Waals surface area contributed by atoms with Gasteiger partial charge in [0.2, 0.25) is 0 Å². The van der Waals surface area contributed by atoms with Gasteiger partial charge in [-0.15, -0.1) is 5.10 Å². The van der Waals surface area contributed by atoms with E-state index in [0.29, 0.717) is 33.8 Å². The van der Waals surface area contributed by atoms with Crippen LogP contribution in [0.3, 0.4) is 0 Å². The van der Waals surface area contributed by atoms with E-state index in [2.05, 4.69) is 35.4 Å². The predicted octanol–water partition coefficient (Wildman–Crippen LogP) is 6.92. The number of hydrogen-bond acceptors (Lipinski definition) is 5.